The zero-order valence-corrected chi connectivity index (χ0v) is 10.2. The second kappa shape index (κ2) is 4.64. The maximum Gasteiger partial charge on any atom is 0.205 e. The number of hydrazine groups is 1. The Hall–Kier alpha value is -0.770. The van der Waals surface area contributed by atoms with Crippen molar-refractivity contribution in [2.45, 2.75) is 46.6 Å². The molecule has 0 saturated heterocycles. The first kappa shape index (κ1) is 13.2. The molecule has 0 radical (unpaired) electrons. The van der Waals surface area contributed by atoms with Crippen LogP contribution in [-0.2, 0) is 0 Å². The molecular weight excluding hydrogens is 176 g/mol. The summed E-state index contributed by atoms with van der Waals surface area (Å²) in [6, 6.07) is 0. The zero-order chi connectivity index (χ0) is 11.4. The normalized spacial score (nSPS) is 14.1. The molecule has 0 aliphatic heterocycles. The van der Waals surface area contributed by atoms with E-state index in [-0.39, 0.29) is 11.0 Å². The monoisotopic (exact) mass is 200 g/mol. The lowest BCUT2D eigenvalue weighted by Crippen LogP contribution is -2.52. The summed E-state index contributed by atoms with van der Waals surface area (Å²) >= 11 is 0. The maximum atomic E-state index is 5.31. The van der Waals surface area contributed by atoms with Gasteiger partial charge in [0.2, 0.25) is 5.96 Å². The highest BCUT2D eigenvalue weighted by atomic mass is 15.3. The highest BCUT2D eigenvalue weighted by molar-refractivity contribution is 5.79. The van der Waals surface area contributed by atoms with Crippen molar-refractivity contribution in [2.24, 2.45) is 16.3 Å². The van der Waals surface area contributed by atoms with Gasteiger partial charge in [0.05, 0.1) is 0 Å². The Kier molecular flexibility index (Phi) is 4.39. The fourth-order valence-electron chi connectivity index (χ4n) is 1.85. The minimum absolute atomic E-state index is 0.0144. The van der Waals surface area contributed by atoms with E-state index in [0.29, 0.717) is 5.96 Å². The molecule has 0 spiro atoms. The van der Waals surface area contributed by atoms with Gasteiger partial charge in [-0.25, -0.2) is 5.84 Å². The van der Waals surface area contributed by atoms with Gasteiger partial charge in [-0.3, -0.25) is 10.4 Å². The van der Waals surface area contributed by atoms with Crippen LogP contribution in [-0.4, -0.2) is 18.5 Å². The molecule has 14 heavy (non-hydrogen) atoms. The SMILES string of the molecule is CN=C(NN)NC(C)(C)CC(C)(C)C. The number of nitrogens with zero attached hydrogens (tertiary/aromatic N) is 1. The molecule has 0 aliphatic carbocycles. The Morgan fingerprint density at radius 1 is 1.21 bits per heavy atom. The van der Waals surface area contributed by atoms with Gasteiger partial charge in [-0.1, -0.05) is 20.8 Å². The van der Waals surface area contributed by atoms with E-state index < -0.39 is 0 Å². The number of aliphatic imine (C=N–C) groups is 1. The van der Waals surface area contributed by atoms with Gasteiger partial charge in [0, 0.05) is 12.6 Å². The van der Waals surface area contributed by atoms with E-state index in [1.54, 1.807) is 7.05 Å². The Balaban J connectivity index is 4.34. The van der Waals surface area contributed by atoms with Crippen molar-refractivity contribution in [3.63, 3.8) is 0 Å². The summed E-state index contributed by atoms with van der Waals surface area (Å²) < 4.78 is 0. The van der Waals surface area contributed by atoms with Gasteiger partial charge in [-0.05, 0) is 25.7 Å². The van der Waals surface area contributed by atoms with E-state index in [9.17, 15) is 0 Å². The Morgan fingerprint density at radius 3 is 2.00 bits per heavy atom. The Labute approximate surface area is 87.3 Å². The smallest absolute Gasteiger partial charge is 0.205 e. The minimum Gasteiger partial charge on any atom is -0.350 e. The lowest BCUT2D eigenvalue weighted by Gasteiger charge is -2.34. The molecule has 0 unspecified atom stereocenters. The summed E-state index contributed by atoms with van der Waals surface area (Å²) in [5.74, 6) is 5.94. The van der Waals surface area contributed by atoms with Crippen LogP contribution in [0.4, 0.5) is 0 Å². The van der Waals surface area contributed by atoms with Gasteiger partial charge in [0.15, 0.2) is 0 Å². The van der Waals surface area contributed by atoms with E-state index in [0.717, 1.165) is 6.42 Å². The Bertz CT molecular complexity index is 201. The molecule has 4 nitrogen and oxygen atoms in total. The van der Waals surface area contributed by atoms with Crippen LogP contribution in [0.25, 0.3) is 0 Å². The van der Waals surface area contributed by atoms with Crippen molar-refractivity contribution >= 4 is 5.96 Å². The van der Waals surface area contributed by atoms with Crippen molar-refractivity contribution in [2.75, 3.05) is 7.05 Å². The molecule has 4 heteroatoms. The Morgan fingerprint density at radius 2 is 1.71 bits per heavy atom. The van der Waals surface area contributed by atoms with E-state index >= 15 is 0 Å². The second-order valence-corrected chi connectivity index (χ2v) is 5.46. The molecule has 0 aromatic rings. The van der Waals surface area contributed by atoms with E-state index in [1.807, 2.05) is 0 Å². The summed E-state index contributed by atoms with van der Waals surface area (Å²) in [5.41, 5.74) is 2.80. The fraction of sp³-hybridized carbons (Fsp3) is 0.900. The van der Waals surface area contributed by atoms with Gasteiger partial charge in [-0.2, -0.15) is 0 Å². The molecule has 0 saturated carbocycles. The quantitative estimate of drug-likeness (QED) is 0.272. The zero-order valence-electron chi connectivity index (χ0n) is 10.2. The fourth-order valence-corrected chi connectivity index (χ4v) is 1.85. The molecule has 0 rings (SSSR count). The number of rotatable bonds is 2. The van der Waals surface area contributed by atoms with Crippen molar-refractivity contribution < 1.29 is 0 Å². The van der Waals surface area contributed by atoms with Crippen LogP contribution in [0.15, 0.2) is 4.99 Å². The largest absolute Gasteiger partial charge is 0.350 e. The summed E-state index contributed by atoms with van der Waals surface area (Å²) in [6.45, 7) is 10.9. The number of hydrogen-bond acceptors (Lipinski definition) is 2. The van der Waals surface area contributed by atoms with E-state index in [4.69, 9.17) is 5.84 Å². The number of guanidine groups is 1. The van der Waals surface area contributed by atoms with Crippen molar-refractivity contribution in [3.8, 4) is 0 Å². The van der Waals surface area contributed by atoms with Crippen LogP contribution in [0, 0.1) is 5.41 Å². The lowest BCUT2D eigenvalue weighted by molar-refractivity contribution is 0.265. The number of nitrogens with two attached hydrogens (primary N) is 1. The van der Waals surface area contributed by atoms with Crippen molar-refractivity contribution in [3.05, 3.63) is 0 Å². The van der Waals surface area contributed by atoms with Gasteiger partial charge >= 0.3 is 0 Å². The average molecular weight is 200 g/mol. The lowest BCUT2D eigenvalue weighted by atomic mass is 9.82. The first-order valence-electron chi connectivity index (χ1n) is 4.92. The molecule has 0 bridgehead atoms. The predicted octanol–water partition coefficient (Wildman–Crippen LogP) is 1.24. The molecule has 0 fully saturated rings. The van der Waals surface area contributed by atoms with Gasteiger partial charge in [0.25, 0.3) is 0 Å². The van der Waals surface area contributed by atoms with Crippen LogP contribution in [0.2, 0.25) is 0 Å². The van der Waals surface area contributed by atoms with E-state index in [1.165, 1.54) is 0 Å². The first-order chi connectivity index (χ1) is 6.20. The summed E-state index contributed by atoms with van der Waals surface area (Å²) in [7, 11) is 1.70. The molecule has 0 aliphatic rings. The molecular formula is C10H24N4. The van der Waals surface area contributed by atoms with Crippen LogP contribution in [0.1, 0.15) is 41.0 Å². The third kappa shape index (κ3) is 5.80. The third-order valence-electron chi connectivity index (χ3n) is 1.79. The third-order valence-corrected chi connectivity index (χ3v) is 1.79. The predicted molar refractivity (Wildman–Crippen MR) is 62.0 cm³/mol. The maximum absolute atomic E-state index is 5.31. The second-order valence-electron chi connectivity index (χ2n) is 5.46. The van der Waals surface area contributed by atoms with Crippen molar-refractivity contribution in [1.29, 1.82) is 0 Å². The topological polar surface area (TPSA) is 62.4 Å². The molecule has 4 N–H and O–H groups in total. The van der Waals surface area contributed by atoms with Gasteiger partial charge in [-0.15, -0.1) is 0 Å². The van der Waals surface area contributed by atoms with Gasteiger partial charge in [0.1, 0.15) is 0 Å². The van der Waals surface area contributed by atoms with Gasteiger partial charge < -0.3 is 5.32 Å². The van der Waals surface area contributed by atoms with Crippen LogP contribution in [0.3, 0.4) is 0 Å². The molecule has 0 heterocycles. The van der Waals surface area contributed by atoms with E-state index in [2.05, 4.69) is 50.4 Å². The van der Waals surface area contributed by atoms with Crippen LogP contribution in [0.5, 0.6) is 0 Å². The van der Waals surface area contributed by atoms with Crippen molar-refractivity contribution in [1.82, 2.24) is 10.7 Å². The molecule has 84 valence electrons. The number of nitrogens with one attached hydrogen (secondary N) is 2. The molecule has 0 amide bonds. The summed E-state index contributed by atoms with van der Waals surface area (Å²) in [6.07, 6.45) is 1.04. The number of hydrogen-bond donors (Lipinski definition) is 3. The first-order valence-corrected chi connectivity index (χ1v) is 4.92. The minimum atomic E-state index is -0.0144. The average Bonchev–Trinajstić information content (AvgIpc) is 1.95. The van der Waals surface area contributed by atoms with Crippen LogP contribution < -0.4 is 16.6 Å². The highest BCUT2D eigenvalue weighted by Crippen LogP contribution is 2.26. The standard InChI is InChI=1S/C10H24N4/c1-9(2,3)7-10(4,5)13-8(12-6)14-11/h7,11H2,1-6H3,(H2,12,13,14). The highest BCUT2D eigenvalue weighted by Gasteiger charge is 2.25. The molecule has 0 aromatic heterocycles. The molecule has 0 aromatic carbocycles. The summed E-state index contributed by atoms with van der Waals surface area (Å²) in [4.78, 5) is 3.99. The summed E-state index contributed by atoms with van der Waals surface area (Å²) in [5, 5.41) is 3.26. The molecule has 0 atom stereocenters. The van der Waals surface area contributed by atoms with Crippen LogP contribution >= 0.6 is 0 Å².